The topological polar surface area (TPSA) is 87.5 Å². The van der Waals surface area contributed by atoms with Crippen molar-refractivity contribution in [3.63, 3.8) is 0 Å². The smallest absolute Gasteiger partial charge is 0.319 e. The molecule has 0 aliphatic rings. The van der Waals surface area contributed by atoms with E-state index >= 15 is 0 Å². The minimum Gasteiger partial charge on any atom is -0.331 e. The van der Waals surface area contributed by atoms with E-state index in [1.54, 1.807) is 16.7 Å². The summed E-state index contributed by atoms with van der Waals surface area (Å²) in [4.78, 5) is 29.4. The number of aryl methyl sites for hydroxylation is 1. The molecule has 0 spiro atoms. The van der Waals surface area contributed by atoms with Crippen LogP contribution in [0.3, 0.4) is 0 Å². The number of hydrogen-bond donors (Lipinski definition) is 3. The van der Waals surface area contributed by atoms with Gasteiger partial charge in [-0.1, -0.05) is 24.3 Å². The minimum atomic E-state index is -0.458. The zero-order valence-electron chi connectivity index (χ0n) is 17.6. The van der Waals surface area contributed by atoms with Crippen molar-refractivity contribution in [2.24, 2.45) is 0 Å². The molecule has 0 bridgehead atoms. The number of carbonyl (C=O) groups excluding carboxylic acids is 2. The molecular formula is C24H22FN5O2. The van der Waals surface area contributed by atoms with Gasteiger partial charge in [0.15, 0.2) is 0 Å². The van der Waals surface area contributed by atoms with Gasteiger partial charge in [-0.05, 0) is 61.4 Å². The monoisotopic (exact) mass is 431 g/mol. The molecule has 4 rings (SSSR count). The molecule has 3 N–H and O–H groups in total. The third kappa shape index (κ3) is 4.59. The highest BCUT2D eigenvalue weighted by atomic mass is 19.1. The molecule has 0 fully saturated rings. The molecule has 2 aromatic carbocycles. The van der Waals surface area contributed by atoms with Crippen LogP contribution in [0.5, 0.6) is 0 Å². The summed E-state index contributed by atoms with van der Waals surface area (Å²) in [7, 11) is 0. The summed E-state index contributed by atoms with van der Waals surface area (Å²) >= 11 is 0. The van der Waals surface area contributed by atoms with Crippen LogP contribution in [0.4, 0.5) is 20.6 Å². The van der Waals surface area contributed by atoms with Crippen molar-refractivity contribution in [1.82, 2.24) is 14.7 Å². The normalized spacial score (nSPS) is 11.7. The fourth-order valence-electron chi connectivity index (χ4n) is 3.34. The molecule has 0 radical (unpaired) electrons. The first kappa shape index (κ1) is 21.0. The number of hydrogen-bond acceptors (Lipinski definition) is 3. The van der Waals surface area contributed by atoms with Crippen LogP contribution in [-0.2, 0) is 0 Å². The van der Waals surface area contributed by atoms with Gasteiger partial charge in [0.1, 0.15) is 17.2 Å². The van der Waals surface area contributed by atoms with Crippen LogP contribution in [0.2, 0.25) is 0 Å². The van der Waals surface area contributed by atoms with Gasteiger partial charge in [-0.3, -0.25) is 9.20 Å². The van der Waals surface area contributed by atoms with Crippen molar-refractivity contribution in [2.75, 3.05) is 10.6 Å². The number of amides is 3. The molecule has 0 aliphatic carbocycles. The Kier molecular flexibility index (Phi) is 5.85. The van der Waals surface area contributed by atoms with Crippen molar-refractivity contribution < 1.29 is 14.0 Å². The van der Waals surface area contributed by atoms with Crippen molar-refractivity contribution in [3.8, 4) is 0 Å². The van der Waals surface area contributed by atoms with Gasteiger partial charge in [-0.25, -0.2) is 14.2 Å². The van der Waals surface area contributed by atoms with Crippen LogP contribution in [-0.4, -0.2) is 21.3 Å². The fourth-order valence-corrected chi connectivity index (χ4v) is 3.34. The van der Waals surface area contributed by atoms with Gasteiger partial charge in [0, 0.05) is 17.6 Å². The van der Waals surface area contributed by atoms with Crippen LogP contribution in [0.1, 0.15) is 34.6 Å². The van der Waals surface area contributed by atoms with E-state index < -0.39 is 11.8 Å². The molecule has 3 amide bonds. The molecule has 32 heavy (non-hydrogen) atoms. The maximum atomic E-state index is 13.3. The summed E-state index contributed by atoms with van der Waals surface area (Å²) in [5, 5.41) is 8.35. The molecule has 0 unspecified atom stereocenters. The van der Waals surface area contributed by atoms with Gasteiger partial charge in [0.2, 0.25) is 0 Å². The summed E-state index contributed by atoms with van der Waals surface area (Å²) in [5.74, 6) is -0.714. The fraction of sp³-hybridized carbons (Fsp3) is 0.125. The van der Waals surface area contributed by atoms with Crippen LogP contribution in [0, 0.1) is 12.7 Å². The lowest BCUT2D eigenvalue weighted by molar-refractivity contribution is 0.102. The number of pyridine rings is 1. The summed E-state index contributed by atoms with van der Waals surface area (Å²) in [6, 6.07) is 16.0. The van der Waals surface area contributed by atoms with Crippen molar-refractivity contribution in [2.45, 2.75) is 19.9 Å². The van der Waals surface area contributed by atoms with Crippen LogP contribution < -0.4 is 16.0 Å². The van der Waals surface area contributed by atoms with Gasteiger partial charge in [0.05, 0.1) is 12.2 Å². The van der Waals surface area contributed by atoms with Crippen molar-refractivity contribution in [1.29, 1.82) is 0 Å². The molecule has 2 aromatic heterocycles. The number of aromatic nitrogens is 2. The first-order valence-electron chi connectivity index (χ1n) is 10.1. The van der Waals surface area contributed by atoms with E-state index in [0.717, 1.165) is 11.1 Å². The molecule has 2 heterocycles. The maximum Gasteiger partial charge on any atom is 0.319 e. The van der Waals surface area contributed by atoms with E-state index in [4.69, 9.17) is 0 Å². The predicted octanol–water partition coefficient (Wildman–Crippen LogP) is 4.92. The van der Waals surface area contributed by atoms with E-state index in [-0.39, 0.29) is 11.9 Å². The first-order chi connectivity index (χ1) is 15.4. The molecular weight excluding hydrogens is 409 g/mol. The lowest BCUT2D eigenvalue weighted by Crippen LogP contribution is -2.31. The second-order valence-electron chi connectivity index (χ2n) is 7.43. The van der Waals surface area contributed by atoms with E-state index in [1.807, 2.05) is 50.2 Å². The Morgan fingerprint density at radius 2 is 1.88 bits per heavy atom. The second kappa shape index (κ2) is 8.89. The highest BCUT2D eigenvalue weighted by molar-refractivity contribution is 6.04. The first-order valence-corrected chi connectivity index (χ1v) is 10.1. The summed E-state index contributed by atoms with van der Waals surface area (Å²) < 4.78 is 15.0. The lowest BCUT2D eigenvalue weighted by Gasteiger charge is -2.17. The molecule has 0 aliphatic heterocycles. The number of nitrogens with zero attached hydrogens (tertiary/aromatic N) is 2. The van der Waals surface area contributed by atoms with Gasteiger partial charge in [-0.15, -0.1) is 0 Å². The Hall–Kier alpha value is -4.20. The number of carbonyl (C=O) groups is 2. The molecule has 4 aromatic rings. The molecule has 1 atom stereocenters. The maximum absolute atomic E-state index is 13.3. The second-order valence-corrected chi connectivity index (χ2v) is 7.43. The average Bonchev–Trinajstić information content (AvgIpc) is 3.19. The Labute approximate surface area is 184 Å². The largest absolute Gasteiger partial charge is 0.331 e. The zero-order valence-corrected chi connectivity index (χ0v) is 17.6. The number of anilines is 2. The average molecular weight is 431 g/mol. The third-order valence-corrected chi connectivity index (χ3v) is 5.09. The molecule has 162 valence electrons. The van der Waals surface area contributed by atoms with E-state index in [1.165, 1.54) is 24.4 Å². The molecule has 8 heteroatoms. The SMILES string of the molecule is Cc1ccc([C@@H](C)NC(=O)Nc2cccc(F)c2)cc1NC(=O)c1cnc2ccccn12. The molecule has 0 saturated carbocycles. The summed E-state index contributed by atoms with van der Waals surface area (Å²) in [5.41, 5.74) is 3.79. The van der Waals surface area contributed by atoms with Crippen LogP contribution in [0.15, 0.2) is 73.1 Å². The quantitative estimate of drug-likeness (QED) is 0.419. The number of halogens is 1. The highest BCUT2D eigenvalue weighted by Gasteiger charge is 2.15. The number of imidazole rings is 1. The van der Waals surface area contributed by atoms with Crippen molar-refractivity contribution in [3.05, 3.63) is 95.7 Å². The van der Waals surface area contributed by atoms with Gasteiger partial charge in [0.25, 0.3) is 5.91 Å². The molecule has 0 saturated heterocycles. The number of benzene rings is 2. The number of rotatable bonds is 5. The Morgan fingerprint density at radius 1 is 1.03 bits per heavy atom. The van der Waals surface area contributed by atoms with Crippen molar-refractivity contribution >= 4 is 29.0 Å². The van der Waals surface area contributed by atoms with E-state index in [0.29, 0.717) is 22.7 Å². The van der Waals surface area contributed by atoms with Gasteiger partial charge < -0.3 is 16.0 Å². The third-order valence-electron chi connectivity index (χ3n) is 5.09. The number of urea groups is 1. The number of fused-ring (bicyclic) bond motifs is 1. The lowest BCUT2D eigenvalue weighted by atomic mass is 10.0. The minimum absolute atomic E-state index is 0.284. The Balaban J connectivity index is 1.47. The van der Waals surface area contributed by atoms with Crippen LogP contribution in [0.25, 0.3) is 5.65 Å². The van der Waals surface area contributed by atoms with E-state index in [9.17, 15) is 14.0 Å². The predicted molar refractivity (Wildman–Crippen MR) is 121 cm³/mol. The number of nitrogens with one attached hydrogen (secondary N) is 3. The highest BCUT2D eigenvalue weighted by Crippen LogP contribution is 2.22. The zero-order chi connectivity index (χ0) is 22.7. The Morgan fingerprint density at radius 3 is 2.69 bits per heavy atom. The van der Waals surface area contributed by atoms with Gasteiger partial charge >= 0.3 is 6.03 Å². The van der Waals surface area contributed by atoms with Gasteiger partial charge in [-0.2, -0.15) is 0 Å². The Bertz CT molecular complexity index is 1300. The van der Waals surface area contributed by atoms with E-state index in [2.05, 4.69) is 20.9 Å². The standard InChI is InChI=1S/C24H22FN5O2/c1-15-9-10-17(16(2)27-24(32)28-19-7-5-6-18(25)13-19)12-20(15)29-23(31)21-14-26-22-8-3-4-11-30(21)22/h3-14,16H,1-2H3,(H,29,31)(H2,27,28,32)/t16-/m1/s1. The summed E-state index contributed by atoms with van der Waals surface area (Å²) in [6.45, 7) is 3.72. The summed E-state index contributed by atoms with van der Waals surface area (Å²) in [6.07, 6.45) is 3.31. The van der Waals surface area contributed by atoms with Crippen LogP contribution >= 0.6 is 0 Å². The molecule has 7 nitrogen and oxygen atoms in total.